The van der Waals surface area contributed by atoms with E-state index in [1.165, 1.54) is 4.68 Å². The summed E-state index contributed by atoms with van der Waals surface area (Å²) in [5.74, 6) is 0.989. The van der Waals surface area contributed by atoms with E-state index in [2.05, 4.69) is 5.10 Å². The third-order valence-corrected chi connectivity index (χ3v) is 3.09. The van der Waals surface area contributed by atoms with Gasteiger partial charge in [-0.1, -0.05) is 0 Å². The van der Waals surface area contributed by atoms with E-state index in [0.29, 0.717) is 5.56 Å². The molecule has 0 N–H and O–H groups in total. The van der Waals surface area contributed by atoms with Crippen molar-refractivity contribution in [2.75, 3.05) is 0 Å². The number of halogens is 1. The second-order valence-corrected chi connectivity index (χ2v) is 5.08. The zero-order valence-electron chi connectivity index (χ0n) is 11.8. The van der Waals surface area contributed by atoms with Crippen LogP contribution >= 0.6 is 11.6 Å². The molecule has 2 rings (SSSR count). The molecule has 0 spiro atoms. The van der Waals surface area contributed by atoms with Crippen LogP contribution < -0.4 is 10.3 Å². The number of alkyl halides is 1. The zero-order valence-corrected chi connectivity index (χ0v) is 12.5. The number of benzene rings is 1. The fraction of sp³-hybridized carbons (Fsp3) is 0.333. The average molecular weight is 293 g/mol. The first-order valence-electron chi connectivity index (χ1n) is 6.41. The molecule has 1 aromatic carbocycles. The Bertz CT molecular complexity index is 648. The van der Waals surface area contributed by atoms with Gasteiger partial charge in [-0.05, 0) is 44.2 Å². The summed E-state index contributed by atoms with van der Waals surface area (Å²) in [5, 5.41) is 4.25. The van der Waals surface area contributed by atoms with Crippen LogP contribution in [0.15, 0.2) is 35.1 Å². The monoisotopic (exact) mass is 292 g/mol. The number of nitrogens with zero attached hydrogens (tertiary/aromatic N) is 2. The van der Waals surface area contributed by atoms with Crippen molar-refractivity contribution in [3.05, 3.63) is 46.2 Å². The van der Waals surface area contributed by atoms with E-state index in [1.807, 2.05) is 38.1 Å². The summed E-state index contributed by atoms with van der Waals surface area (Å²) in [5.41, 5.74) is 2.02. The van der Waals surface area contributed by atoms with Gasteiger partial charge in [0.1, 0.15) is 5.75 Å². The van der Waals surface area contributed by atoms with E-state index < -0.39 is 0 Å². The number of rotatable bonds is 4. The average Bonchev–Trinajstić information content (AvgIpc) is 2.42. The molecule has 106 valence electrons. The Morgan fingerprint density at radius 2 is 1.95 bits per heavy atom. The molecule has 5 heteroatoms. The van der Waals surface area contributed by atoms with Crippen LogP contribution in [-0.4, -0.2) is 15.9 Å². The van der Waals surface area contributed by atoms with Crippen LogP contribution in [-0.2, 0) is 12.9 Å². The molecule has 1 heterocycles. The van der Waals surface area contributed by atoms with E-state index in [9.17, 15) is 4.79 Å². The topological polar surface area (TPSA) is 44.1 Å². The molecule has 0 radical (unpaired) electrons. The number of ether oxygens (including phenoxy) is 1. The summed E-state index contributed by atoms with van der Waals surface area (Å²) in [6.07, 6.45) is 0.138. The first-order chi connectivity index (χ1) is 9.51. The number of hydrogen-bond acceptors (Lipinski definition) is 3. The third-order valence-electron chi connectivity index (χ3n) is 2.80. The van der Waals surface area contributed by atoms with Gasteiger partial charge in [-0.25, -0.2) is 4.68 Å². The maximum atomic E-state index is 11.8. The largest absolute Gasteiger partial charge is 0.491 e. The van der Waals surface area contributed by atoms with Gasteiger partial charge in [0.25, 0.3) is 5.56 Å². The Labute approximate surface area is 123 Å². The summed E-state index contributed by atoms with van der Waals surface area (Å²) in [6.45, 7) is 3.96. The van der Waals surface area contributed by atoms with Crippen LogP contribution in [0.2, 0.25) is 0 Å². The van der Waals surface area contributed by atoms with E-state index >= 15 is 0 Å². The Morgan fingerprint density at radius 3 is 2.50 bits per heavy atom. The Kier molecular flexibility index (Phi) is 4.45. The Balaban J connectivity index is 2.37. The quantitative estimate of drug-likeness (QED) is 0.814. The molecule has 4 nitrogen and oxygen atoms in total. The molecule has 0 atom stereocenters. The van der Waals surface area contributed by atoms with E-state index in [0.717, 1.165) is 17.0 Å². The predicted molar refractivity (Wildman–Crippen MR) is 80.2 cm³/mol. The summed E-state index contributed by atoms with van der Waals surface area (Å²) >= 11 is 5.78. The molecule has 0 saturated heterocycles. The minimum atomic E-state index is -0.163. The second-order valence-electron chi connectivity index (χ2n) is 4.81. The lowest BCUT2D eigenvalue weighted by molar-refractivity contribution is 0.242. The normalized spacial score (nSPS) is 10.8. The van der Waals surface area contributed by atoms with Crippen molar-refractivity contribution in [1.82, 2.24) is 9.78 Å². The van der Waals surface area contributed by atoms with Gasteiger partial charge in [-0.2, -0.15) is 5.10 Å². The highest BCUT2D eigenvalue weighted by Gasteiger charge is 2.07. The van der Waals surface area contributed by atoms with Crippen LogP contribution in [0.5, 0.6) is 5.75 Å². The van der Waals surface area contributed by atoms with Crippen molar-refractivity contribution >= 4 is 11.6 Å². The first-order valence-corrected chi connectivity index (χ1v) is 6.95. The van der Waals surface area contributed by atoms with Crippen molar-refractivity contribution < 1.29 is 4.74 Å². The lowest BCUT2D eigenvalue weighted by Gasteiger charge is -2.10. The maximum Gasteiger partial charge on any atom is 0.270 e. The SMILES string of the molecule is CC(C)Oc1ccc(-c2cc(CCl)c(=O)n(C)n2)cc1. The smallest absolute Gasteiger partial charge is 0.270 e. The van der Waals surface area contributed by atoms with E-state index in [4.69, 9.17) is 16.3 Å². The van der Waals surface area contributed by atoms with Gasteiger partial charge in [-0.15, -0.1) is 11.6 Å². The second kappa shape index (κ2) is 6.09. The Hall–Kier alpha value is -1.81. The van der Waals surface area contributed by atoms with Crippen molar-refractivity contribution in [3.63, 3.8) is 0 Å². The number of hydrogen-bond donors (Lipinski definition) is 0. The van der Waals surface area contributed by atoms with Gasteiger partial charge < -0.3 is 4.74 Å². The fourth-order valence-electron chi connectivity index (χ4n) is 1.88. The third kappa shape index (κ3) is 3.20. The van der Waals surface area contributed by atoms with Crippen molar-refractivity contribution in [2.24, 2.45) is 7.05 Å². The van der Waals surface area contributed by atoms with E-state index in [-0.39, 0.29) is 17.5 Å². The molecule has 0 saturated carbocycles. The van der Waals surface area contributed by atoms with Crippen molar-refractivity contribution in [2.45, 2.75) is 25.8 Å². The number of aryl methyl sites for hydroxylation is 1. The molecule has 0 aliphatic rings. The number of aromatic nitrogens is 2. The molecular weight excluding hydrogens is 276 g/mol. The van der Waals surface area contributed by atoms with Gasteiger partial charge >= 0.3 is 0 Å². The fourth-order valence-corrected chi connectivity index (χ4v) is 2.08. The molecule has 2 aromatic rings. The molecule has 0 amide bonds. The summed E-state index contributed by atoms with van der Waals surface area (Å²) in [6, 6.07) is 9.35. The molecule has 0 aliphatic carbocycles. The molecule has 20 heavy (non-hydrogen) atoms. The summed E-state index contributed by atoms with van der Waals surface area (Å²) < 4.78 is 6.91. The minimum Gasteiger partial charge on any atom is -0.491 e. The maximum absolute atomic E-state index is 11.8. The predicted octanol–water partition coefficient (Wildman–Crippen LogP) is 2.97. The lowest BCUT2D eigenvalue weighted by Crippen LogP contribution is -2.23. The summed E-state index contributed by atoms with van der Waals surface area (Å²) in [4.78, 5) is 11.8. The lowest BCUT2D eigenvalue weighted by atomic mass is 10.1. The van der Waals surface area contributed by atoms with Crippen LogP contribution in [0, 0.1) is 0 Å². The molecule has 0 bridgehead atoms. The van der Waals surface area contributed by atoms with Crippen LogP contribution in [0.3, 0.4) is 0 Å². The standard InChI is InChI=1S/C15H17ClN2O2/c1-10(2)20-13-6-4-11(5-7-13)14-8-12(9-16)15(19)18(3)17-14/h4-8,10H,9H2,1-3H3. The van der Waals surface area contributed by atoms with Gasteiger partial charge in [-0.3, -0.25) is 4.79 Å². The van der Waals surface area contributed by atoms with Crippen LogP contribution in [0.4, 0.5) is 0 Å². The van der Waals surface area contributed by atoms with Crippen molar-refractivity contribution in [1.29, 1.82) is 0 Å². The molecule has 0 fully saturated rings. The zero-order chi connectivity index (χ0) is 14.7. The Morgan fingerprint density at radius 1 is 1.30 bits per heavy atom. The first kappa shape index (κ1) is 14.6. The molecule has 0 unspecified atom stereocenters. The highest BCUT2D eigenvalue weighted by atomic mass is 35.5. The van der Waals surface area contributed by atoms with Gasteiger partial charge in [0.05, 0.1) is 17.7 Å². The van der Waals surface area contributed by atoms with Gasteiger partial charge in [0.15, 0.2) is 0 Å². The van der Waals surface area contributed by atoms with Gasteiger partial charge in [0, 0.05) is 18.2 Å². The molecular formula is C15H17ClN2O2. The van der Waals surface area contributed by atoms with Crippen LogP contribution in [0.25, 0.3) is 11.3 Å². The minimum absolute atomic E-state index is 0.138. The highest BCUT2D eigenvalue weighted by Crippen LogP contribution is 2.21. The summed E-state index contributed by atoms with van der Waals surface area (Å²) in [7, 11) is 1.62. The molecule has 0 aliphatic heterocycles. The van der Waals surface area contributed by atoms with Gasteiger partial charge in [0.2, 0.25) is 0 Å². The van der Waals surface area contributed by atoms with Crippen molar-refractivity contribution in [3.8, 4) is 17.0 Å². The molecule has 1 aromatic heterocycles. The van der Waals surface area contributed by atoms with Crippen LogP contribution in [0.1, 0.15) is 19.4 Å². The van der Waals surface area contributed by atoms with E-state index in [1.54, 1.807) is 13.1 Å². The highest BCUT2D eigenvalue weighted by molar-refractivity contribution is 6.17.